The van der Waals surface area contributed by atoms with Crippen molar-refractivity contribution in [2.45, 2.75) is 25.7 Å². The Balaban J connectivity index is 1.71. The normalized spacial score (nSPS) is 16.8. The highest BCUT2D eigenvalue weighted by atomic mass is 16.5. The number of rotatable bonds is 5. The van der Waals surface area contributed by atoms with Crippen molar-refractivity contribution >= 4 is 5.78 Å². The predicted molar refractivity (Wildman–Crippen MR) is 62.5 cm³/mol. The average molecular weight is 221 g/mol. The highest BCUT2D eigenvalue weighted by Gasteiger charge is 2.15. The summed E-state index contributed by atoms with van der Waals surface area (Å²) >= 11 is 0. The first-order valence-corrected chi connectivity index (χ1v) is 5.98. The molecular formula is C13H19NO2. The summed E-state index contributed by atoms with van der Waals surface area (Å²) in [6, 6.07) is 1.83. The van der Waals surface area contributed by atoms with E-state index in [4.69, 9.17) is 4.74 Å². The van der Waals surface area contributed by atoms with Crippen molar-refractivity contribution in [3.05, 3.63) is 24.0 Å². The largest absolute Gasteiger partial charge is 0.373 e. The minimum Gasteiger partial charge on any atom is -0.373 e. The number of carbonyl (C=O) groups is 1. The Morgan fingerprint density at radius 3 is 2.88 bits per heavy atom. The number of Topliss-reactive ketones (excluding diaryl/α,β-unsaturated/α-hetero) is 1. The zero-order chi connectivity index (χ0) is 11.4. The highest BCUT2D eigenvalue weighted by molar-refractivity contribution is 5.96. The fraction of sp³-hybridized carbons (Fsp3) is 0.615. The van der Waals surface area contributed by atoms with E-state index in [1.807, 2.05) is 30.1 Å². The third-order valence-electron chi connectivity index (χ3n) is 3.22. The highest BCUT2D eigenvalue weighted by Crippen LogP contribution is 2.24. The summed E-state index contributed by atoms with van der Waals surface area (Å²) in [6.07, 6.45) is 8.88. The van der Waals surface area contributed by atoms with Crippen LogP contribution in [0.15, 0.2) is 18.5 Å². The molecule has 1 fully saturated rings. The Morgan fingerprint density at radius 1 is 1.50 bits per heavy atom. The van der Waals surface area contributed by atoms with Gasteiger partial charge in [0.25, 0.3) is 0 Å². The number of ether oxygens (including phenoxy) is 1. The van der Waals surface area contributed by atoms with Gasteiger partial charge in [-0.3, -0.25) is 4.79 Å². The van der Waals surface area contributed by atoms with Gasteiger partial charge < -0.3 is 9.30 Å². The summed E-state index contributed by atoms with van der Waals surface area (Å²) in [7, 11) is 1.91. The second-order valence-corrected chi connectivity index (χ2v) is 4.65. The molecule has 0 bridgehead atoms. The van der Waals surface area contributed by atoms with Crippen LogP contribution in [0.25, 0.3) is 0 Å². The molecule has 88 valence electrons. The van der Waals surface area contributed by atoms with E-state index in [2.05, 4.69) is 0 Å². The molecule has 0 N–H and O–H groups in total. The summed E-state index contributed by atoms with van der Waals surface area (Å²) in [6.45, 7) is 0.971. The number of hydrogen-bond donors (Lipinski definition) is 0. The molecule has 0 spiro atoms. The first kappa shape index (κ1) is 11.4. The lowest BCUT2D eigenvalue weighted by atomic mass is 10.1. The quantitative estimate of drug-likeness (QED) is 0.715. The number of aryl methyl sites for hydroxylation is 1. The fourth-order valence-electron chi connectivity index (χ4n) is 2.25. The Morgan fingerprint density at radius 2 is 2.25 bits per heavy atom. The van der Waals surface area contributed by atoms with E-state index in [1.165, 1.54) is 25.7 Å². The third-order valence-corrected chi connectivity index (χ3v) is 3.22. The molecule has 16 heavy (non-hydrogen) atoms. The van der Waals surface area contributed by atoms with Crippen LogP contribution in [0, 0.1) is 5.92 Å². The smallest absolute Gasteiger partial charge is 0.189 e. The maximum atomic E-state index is 11.7. The molecule has 2 rings (SSSR count). The van der Waals surface area contributed by atoms with Gasteiger partial charge in [-0.2, -0.15) is 0 Å². The number of ketones is 1. The molecule has 0 aromatic carbocycles. The molecule has 1 aromatic rings. The summed E-state index contributed by atoms with van der Waals surface area (Å²) in [5.74, 6) is 0.766. The zero-order valence-electron chi connectivity index (χ0n) is 9.82. The lowest BCUT2D eigenvalue weighted by Crippen LogP contribution is -2.13. The summed E-state index contributed by atoms with van der Waals surface area (Å²) in [4.78, 5) is 11.7. The van der Waals surface area contributed by atoms with E-state index in [0.717, 1.165) is 12.2 Å². The first-order chi connectivity index (χ1) is 7.75. The standard InChI is InChI=1S/C13H19NO2/c1-14-7-6-12(8-14)13(15)10-16-9-11-4-2-3-5-11/h6-8,11H,2-5,9-10H2,1H3. The Bertz CT molecular complexity index is 351. The molecule has 0 radical (unpaired) electrons. The van der Waals surface area contributed by atoms with Crippen LogP contribution in [-0.2, 0) is 11.8 Å². The van der Waals surface area contributed by atoms with Crippen LogP contribution < -0.4 is 0 Å². The molecule has 1 aromatic heterocycles. The molecule has 1 aliphatic rings. The number of hydrogen-bond acceptors (Lipinski definition) is 2. The molecule has 1 heterocycles. The van der Waals surface area contributed by atoms with Crippen molar-refractivity contribution in [1.29, 1.82) is 0 Å². The summed E-state index contributed by atoms with van der Waals surface area (Å²) in [5, 5.41) is 0. The number of aromatic nitrogens is 1. The van der Waals surface area contributed by atoms with Crippen LogP contribution in [0.2, 0.25) is 0 Å². The molecular weight excluding hydrogens is 202 g/mol. The minimum atomic E-state index is 0.0820. The van der Waals surface area contributed by atoms with Crippen molar-refractivity contribution in [3.63, 3.8) is 0 Å². The van der Waals surface area contributed by atoms with Gasteiger partial charge in [0, 0.05) is 25.0 Å². The topological polar surface area (TPSA) is 31.2 Å². The molecule has 0 saturated heterocycles. The summed E-state index contributed by atoms with van der Waals surface area (Å²) in [5.41, 5.74) is 0.744. The van der Waals surface area contributed by atoms with Crippen LogP contribution >= 0.6 is 0 Å². The van der Waals surface area contributed by atoms with Gasteiger partial charge in [-0.25, -0.2) is 0 Å². The van der Waals surface area contributed by atoms with E-state index >= 15 is 0 Å². The van der Waals surface area contributed by atoms with Crippen LogP contribution in [-0.4, -0.2) is 23.6 Å². The SMILES string of the molecule is Cn1ccc(C(=O)COCC2CCCC2)c1. The number of carbonyl (C=O) groups excluding carboxylic acids is 1. The lowest BCUT2D eigenvalue weighted by Gasteiger charge is -2.08. The van der Waals surface area contributed by atoms with E-state index in [1.54, 1.807) is 0 Å². The van der Waals surface area contributed by atoms with Gasteiger partial charge in [0.05, 0.1) is 6.61 Å². The van der Waals surface area contributed by atoms with E-state index in [0.29, 0.717) is 5.92 Å². The van der Waals surface area contributed by atoms with Crippen LogP contribution in [0.5, 0.6) is 0 Å². The van der Waals surface area contributed by atoms with E-state index in [-0.39, 0.29) is 12.4 Å². The molecule has 1 saturated carbocycles. The third kappa shape index (κ3) is 2.95. The van der Waals surface area contributed by atoms with Crippen molar-refractivity contribution < 1.29 is 9.53 Å². The fourth-order valence-corrected chi connectivity index (χ4v) is 2.25. The zero-order valence-corrected chi connectivity index (χ0v) is 9.82. The molecule has 0 atom stereocenters. The van der Waals surface area contributed by atoms with Gasteiger partial charge in [-0.1, -0.05) is 12.8 Å². The van der Waals surface area contributed by atoms with Crippen LogP contribution in [0.3, 0.4) is 0 Å². The molecule has 0 aliphatic heterocycles. The van der Waals surface area contributed by atoms with Crippen molar-refractivity contribution in [1.82, 2.24) is 4.57 Å². The predicted octanol–water partition coefficient (Wildman–Crippen LogP) is 2.41. The maximum Gasteiger partial charge on any atom is 0.189 e. The van der Waals surface area contributed by atoms with Gasteiger partial charge in [0.1, 0.15) is 6.61 Å². The van der Waals surface area contributed by atoms with Gasteiger partial charge in [-0.05, 0) is 24.8 Å². The van der Waals surface area contributed by atoms with Crippen LogP contribution in [0.4, 0.5) is 0 Å². The van der Waals surface area contributed by atoms with Gasteiger partial charge >= 0.3 is 0 Å². The second kappa shape index (κ2) is 5.30. The van der Waals surface area contributed by atoms with Crippen molar-refractivity contribution in [2.75, 3.05) is 13.2 Å². The van der Waals surface area contributed by atoms with Crippen molar-refractivity contribution in [3.8, 4) is 0 Å². The van der Waals surface area contributed by atoms with Gasteiger partial charge in [-0.15, -0.1) is 0 Å². The van der Waals surface area contributed by atoms with E-state index < -0.39 is 0 Å². The minimum absolute atomic E-state index is 0.0820. The Kier molecular flexibility index (Phi) is 3.78. The van der Waals surface area contributed by atoms with Crippen LogP contribution in [0.1, 0.15) is 36.0 Å². The first-order valence-electron chi connectivity index (χ1n) is 5.98. The van der Waals surface area contributed by atoms with Crippen molar-refractivity contribution in [2.24, 2.45) is 13.0 Å². The molecule has 1 aliphatic carbocycles. The Labute approximate surface area is 96.4 Å². The lowest BCUT2D eigenvalue weighted by molar-refractivity contribution is 0.0681. The molecule has 0 amide bonds. The van der Waals surface area contributed by atoms with E-state index in [9.17, 15) is 4.79 Å². The second-order valence-electron chi connectivity index (χ2n) is 4.65. The monoisotopic (exact) mass is 221 g/mol. The maximum absolute atomic E-state index is 11.7. The summed E-state index contributed by atoms with van der Waals surface area (Å²) < 4.78 is 7.36. The van der Waals surface area contributed by atoms with Gasteiger partial charge in [0.2, 0.25) is 0 Å². The molecule has 0 unspecified atom stereocenters. The average Bonchev–Trinajstić information content (AvgIpc) is 2.89. The Hall–Kier alpha value is -1.09. The van der Waals surface area contributed by atoms with Gasteiger partial charge in [0.15, 0.2) is 5.78 Å². The molecule has 3 nitrogen and oxygen atoms in total. The number of nitrogens with zero attached hydrogens (tertiary/aromatic N) is 1. The molecule has 3 heteroatoms.